The van der Waals surface area contributed by atoms with Gasteiger partial charge in [-0.25, -0.2) is 12.8 Å². The van der Waals surface area contributed by atoms with E-state index in [4.69, 9.17) is 0 Å². The first-order valence-electron chi connectivity index (χ1n) is 7.87. The second kappa shape index (κ2) is 7.65. The van der Waals surface area contributed by atoms with Crippen molar-refractivity contribution in [2.45, 2.75) is 19.9 Å². The number of rotatable bonds is 6. The van der Waals surface area contributed by atoms with Crippen molar-refractivity contribution in [3.05, 3.63) is 65.5 Å². The molecule has 0 aliphatic rings. The Morgan fingerprint density at radius 1 is 1.20 bits per heavy atom. The third-order valence-electron chi connectivity index (χ3n) is 3.97. The van der Waals surface area contributed by atoms with E-state index >= 15 is 0 Å². The Morgan fingerprint density at radius 3 is 2.44 bits per heavy atom. The number of benzene rings is 2. The van der Waals surface area contributed by atoms with Gasteiger partial charge >= 0.3 is 0 Å². The summed E-state index contributed by atoms with van der Waals surface area (Å²) < 4.78 is 38.1. The van der Waals surface area contributed by atoms with E-state index < -0.39 is 10.0 Å². The van der Waals surface area contributed by atoms with Crippen LogP contribution in [0.2, 0.25) is 0 Å². The number of nitrogens with zero attached hydrogens (tertiary/aromatic N) is 1. The van der Waals surface area contributed by atoms with E-state index in [1.165, 1.54) is 25.2 Å². The van der Waals surface area contributed by atoms with Gasteiger partial charge in [0.2, 0.25) is 10.0 Å². The van der Waals surface area contributed by atoms with E-state index in [2.05, 4.69) is 5.32 Å². The summed E-state index contributed by atoms with van der Waals surface area (Å²) in [6.45, 7) is 3.36. The highest BCUT2D eigenvalue weighted by molar-refractivity contribution is 7.92. The Labute approximate surface area is 147 Å². The zero-order valence-corrected chi connectivity index (χ0v) is 15.2. The van der Waals surface area contributed by atoms with Crippen LogP contribution in [0.1, 0.15) is 35.8 Å². The molecule has 7 heteroatoms. The maximum absolute atomic E-state index is 13.0. The van der Waals surface area contributed by atoms with E-state index in [1.807, 2.05) is 0 Å². The van der Waals surface area contributed by atoms with Gasteiger partial charge in [0.05, 0.1) is 17.5 Å². The molecule has 0 spiro atoms. The van der Waals surface area contributed by atoms with Gasteiger partial charge in [-0.05, 0) is 49.7 Å². The average molecular weight is 364 g/mol. The minimum atomic E-state index is -3.40. The topological polar surface area (TPSA) is 66.5 Å². The molecular weight excluding hydrogens is 343 g/mol. The summed E-state index contributed by atoms with van der Waals surface area (Å²) in [6.07, 6.45) is 0. The van der Waals surface area contributed by atoms with Crippen LogP contribution in [0.25, 0.3) is 0 Å². The van der Waals surface area contributed by atoms with E-state index in [0.717, 1.165) is 9.87 Å². The maximum Gasteiger partial charge on any atom is 0.251 e. The number of anilines is 1. The number of nitrogens with one attached hydrogen (secondary N) is 1. The molecule has 0 aliphatic heterocycles. The van der Waals surface area contributed by atoms with Gasteiger partial charge in [0.1, 0.15) is 5.82 Å². The van der Waals surface area contributed by atoms with Gasteiger partial charge in [-0.15, -0.1) is 0 Å². The van der Waals surface area contributed by atoms with Crippen molar-refractivity contribution in [3.8, 4) is 0 Å². The van der Waals surface area contributed by atoms with E-state index in [-0.39, 0.29) is 23.5 Å². The Balaban J connectivity index is 2.17. The molecular formula is C18H21FN2O3S. The first-order chi connectivity index (χ1) is 11.7. The first-order valence-corrected chi connectivity index (χ1v) is 9.48. The zero-order valence-electron chi connectivity index (χ0n) is 14.4. The number of amides is 1. The van der Waals surface area contributed by atoms with Crippen LogP contribution >= 0.6 is 0 Å². The number of hydrogen-bond acceptors (Lipinski definition) is 3. The standard InChI is InChI=1S/C18H21FN2O3S/c1-4-25(23,24)21(3)17-7-5-6-15(12-17)18(22)20-13(2)14-8-10-16(19)11-9-14/h5-13H,4H2,1-3H3,(H,20,22)/t13-/m1/s1. The van der Waals surface area contributed by atoms with Crippen molar-refractivity contribution < 1.29 is 17.6 Å². The SMILES string of the molecule is CCS(=O)(=O)N(C)c1cccc(C(=O)N[C@H](C)c2ccc(F)cc2)c1. The number of halogens is 1. The van der Waals surface area contributed by atoms with E-state index in [9.17, 15) is 17.6 Å². The highest BCUT2D eigenvalue weighted by Gasteiger charge is 2.18. The second-order valence-corrected chi connectivity index (χ2v) is 7.95. The van der Waals surface area contributed by atoms with Gasteiger partial charge in [0.25, 0.3) is 5.91 Å². The maximum atomic E-state index is 13.0. The molecule has 1 amide bonds. The van der Waals surface area contributed by atoms with Crippen molar-refractivity contribution >= 4 is 21.6 Å². The van der Waals surface area contributed by atoms with Gasteiger partial charge in [-0.2, -0.15) is 0 Å². The molecule has 1 atom stereocenters. The number of hydrogen-bond donors (Lipinski definition) is 1. The van der Waals surface area contributed by atoms with Gasteiger partial charge in [-0.1, -0.05) is 18.2 Å². The lowest BCUT2D eigenvalue weighted by atomic mass is 10.1. The van der Waals surface area contributed by atoms with Gasteiger partial charge in [0.15, 0.2) is 0 Å². The van der Waals surface area contributed by atoms with Crippen molar-refractivity contribution in [1.82, 2.24) is 5.32 Å². The molecule has 0 radical (unpaired) electrons. The smallest absolute Gasteiger partial charge is 0.251 e. The Bertz CT molecular complexity index is 851. The molecule has 0 fully saturated rings. The largest absolute Gasteiger partial charge is 0.346 e. The molecule has 1 N–H and O–H groups in total. The predicted octanol–water partition coefficient (Wildman–Crippen LogP) is 3.10. The quantitative estimate of drug-likeness (QED) is 0.856. The van der Waals surface area contributed by atoms with Crippen LogP contribution in [0.3, 0.4) is 0 Å². The fraction of sp³-hybridized carbons (Fsp3) is 0.278. The molecule has 2 aromatic rings. The molecule has 0 heterocycles. The van der Waals surface area contributed by atoms with Crippen LogP contribution in [0, 0.1) is 5.82 Å². The predicted molar refractivity (Wildman–Crippen MR) is 96.6 cm³/mol. The summed E-state index contributed by atoms with van der Waals surface area (Å²) >= 11 is 0. The summed E-state index contributed by atoms with van der Waals surface area (Å²) in [5.41, 5.74) is 1.55. The molecule has 2 aromatic carbocycles. The van der Waals surface area contributed by atoms with E-state index in [0.29, 0.717) is 11.3 Å². The molecule has 0 bridgehead atoms. The molecule has 5 nitrogen and oxygen atoms in total. The fourth-order valence-electron chi connectivity index (χ4n) is 2.31. The minimum absolute atomic E-state index is 0.0263. The average Bonchev–Trinajstić information content (AvgIpc) is 2.61. The lowest BCUT2D eigenvalue weighted by Crippen LogP contribution is -2.29. The fourth-order valence-corrected chi connectivity index (χ4v) is 3.13. The Hall–Kier alpha value is -2.41. The highest BCUT2D eigenvalue weighted by atomic mass is 32.2. The van der Waals surface area contributed by atoms with Crippen LogP contribution in [0.5, 0.6) is 0 Å². The van der Waals surface area contributed by atoms with Gasteiger partial charge < -0.3 is 5.32 Å². The first kappa shape index (κ1) is 18.9. The van der Waals surface area contributed by atoms with Crippen LogP contribution in [-0.2, 0) is 10.0 Å². The van der Waals surface area contributed by atoms with Crippen LogP contribution in [0.15, 0.2) is 48.5 Å². The number of sulfonamides is 1. The number of carbonyl (C=O) groups excluding carboxylic acids is 1. The summed E-state index contributed by atoms with van der Waals surface area (Å²) in [5.74, 6) is -0.697. The lowest BCUT2D eigenvalue weighted by molar-refractivity contribution is 0.0940. The Kier molecular flexibility index (Phi) is 5.79. The summed E-state index contributed by atoms with van der Waals surface area (Å²) in [6, 6.07) is 12.0. The lowest BCUT2D eigenvalue weighted by Gasteiger charge is -2.19. The summed E-state index contributed by atoms with van der Waals surface area (Å²) in [4.78, 5) is 12.4. The molecule has 0 aromatic heterocycles. The van der Waals surface area contributed by atoms with Crippen molar-refractivity contribution in [2.75, 3.05) is 17.1 Å². The van der Waals surface area contributed by atoms with Gasteiger partial charge in [-0.3, -0.25) is 9.10 Å². The van der Waals surface area contributed by atoms with Gasteiger partial charge in [0, 0.05) is 12.6 Å². The molecule has 25 heavy (non-hydrogen) atoms. The van der Waals surface area contributed by atoms with Crippen LogP contribution in [-0.4, -0.2) is 27.1 Å². The number of carbonyl (C=O) groups is 1. The second-order valence-electron chi connectivity index (χ2n) is 5.67. The van der Waals surface area contributed by atoms with Crippen molar-refractivity contribution in [1.29, 1.82) is 0 Å². The molecule has 0 saturated carbocycles. The third-order valence-corrected chi connectivity index (χ3v) is 5.75. The molecule has 134 valence electrons. The van der Waals surface area contributed by atoms with Crippen molar-refractivity contribution in [2.24, 2.45) is 0 Å². The molecule has 0 aliphatic carbocycles. The molecule has 2 rings (SSSR count). The minimum Gasteiger partial charge on any atom is -0.346 e. The normalized spacial score (nSPS) is 12.5. The monoisotopic (exact) mass is 364 g/mol. The summed E-state index contributed by atoms with van der Waals surface area (Å²) in [7, 11) is -1.94. The van der Waals surface area contributed by atoms with Crippen molar-refractivity contribution in [3.63, 3.8) is 0 Å². The molecule has 0 saturated heterocycles. The Morgan fingerprint density at radius 2 is 1.84 bits per heavy atom. The molecule has 0 unspecified atom stereocenters. The van der Waals surface area contributed by atoms with E-state index in [1.54, 1.807) is 44.2 Å². The van der Waals surface area contributed by atoms with Crippen LogP contribution < -0.4 is 9.62 Å². The summed E-state index contributed by atoms with van der Waals surface area (Å²) in [5, 5.41) is 2.82. The highest BCUT2D eigenvalue weighted by Crippen LogP contribution is 2.19. The van der Waals surface area contributed by atoms with Crippen LogP contribution in [0.4, 0.5) is 10.1 Å². The third kappa shape index (κ3) is 4.57. The zero-order chi connectivity index (χ0) is 18.6.